The van der Waals surface area contributed by atoms with E-state index in [1.165, 1.54) is 0 Å². The molecule has 0 fully saturated rings. The van der Waals surface area contributed by atoms with Crippen molar-refractivity contribution < 1.29 is 9.59 Å². The van der Waals surface area contributed by atoms with Gasteiger partial charge in [-0.1, -0.05) is 31.2 Å². The molecule has 0 amide bonds. The van der Waals surface area contributed by atoms with Gasteiger partial charge in [-0.3, -0.25) is 9.59 Å². The van der Waals surface area contributed by atoms with Gasteiger partial charge in [0.15, 0.2) is 5.78 Å². The second kappa shape index (κ2) is 3.97. The SMILES string of the molecule is CCC(=O)C1CCc2ccccc2C1=O. The Kier molecular flexibility index (Phi) is 2.67. The molecule has 15 heavy (non-hydrogen) atoms. The Morgan fingerprint density at radius 3 is 2.87 bits per heavy atom. The first-order chi connectivity index (χ1) is 7.24. The second-order valence-corrected chi connectivity index (χ2v) is 3.93. The van der Waals surface area contributed by atoms with Crippen molar-refractivity contribution in [3.05, 3.63) is 35.4 Å². The Bertz CT molecular complexity index is 407. The van der Waals surface area contributed by atoms with Gasteiger partial charge in [0.2, 0.25) is 0 Å². The standard InChI is InChI=1S/C13H14O2/c1-2-12(14)11-8-7-9-5-3-4-6-10(9)13(11)15/h3-6,11H,2,7-8H2,1H3. The average molecular weight is 202 g/mol. The maximum atomic E-state index is 12.0. The third-order valence-electron chi connectivity index (χ3n) is 3.04. The Balaban J connectivity index is 2.34. The summed E-state index contributed by atoms with van der Waals surface area (Å²) in [5, 5.41) is 0. The minimum atomic E-state index is -0.384. The average Bonchev–Trinajstić information content (AvgIpc) is 2.29. The summed E-state index contributed by atoms with van der Waals surface area (Å²) in [6.45, 7) is 1.82. The largest absolute Gasteiger partial charge is 0.299 e. The topological polar surface area (TPSA) is 34.1 Å². The number of carbonyl (C=O) groups excluding carboxylic acids is 2. The highest BCUT2D eigenvalue weighted by molar-refractivity contribution is 6.12. The fourth-order valence-electron chi connectivity index (χ4n) is 2.15. The Hall–Kier alpha value is -1.44. The fraction of sp³-hybridized carbons (Fsp3) is 0.385. The van der Waals surface area contributed by atoms with E-state index in [1.807, 2.05) is 31.2 Å². The summed E-state index contributed by atoms with van der Waals surface area (Å²) in [6.07, 6.45) is 1.99. The summed E-state index contributed by atoms with van der Waals surface area (Å²) < 4.78 is 0. The van der Waals surface area contributed by atoms with Crippen LogP contribution in [0.1, 0.15) is 35.7 Å². The zero-order chi connectivity index (χ0) is 10.8. The van der Waals surface area contributed by atoms with Gasteiger partial charge >= 0.3 is 0 Å². The smallest absolute Gasteiger partial charge is 0.173 e. The van der Waals surface area contributed by atoms with Crippen molar-refractivity contribution in [1.82, 2.24) is 0 Å². The number of hydrogen-bond donors (Lipinski definition) is 0. The molecule has 1 unspecified atom stereocenters. The van der Waals surface area contributed by atoms with Crippen LogP contribution in [0.2, 0.25) is 0 Å². The monoisotopic (exact) mass is 202 g/mol. The zero-order valence-electron chi connectivity index (χ0n) is 8.82. The Morgan fingerprint density at radius 2 is 2.13 bits per heavy atom. The molecule has 0 bridgehead atoms. The molecule has 0 saturated heterocycles. The molecule has 2 nitrogen and oxygen atoms in total. The number of Topliss-reactive ketones (excluding diaryl/α,β-unsaturated/α-hetero) is 2. The van der Waals surface area contributed by atoms with Crippen LogP contribution in [0.15, 0.2) is 24.3 Å². The van der Waals surface area contributed by atoms with Crippen LogP contribution in [0.4, 0.5) is 0 Å². The molecular weight excluding hydrogens is 188 g/mol. The van der Waals surface area contributed by atoms with Gasteiger partial charge in [-0.2, -0.15) is 0 Å². The Labute approximate surface area is 89.3 Å². The van der Waals surface area contributed by atoms with Gasteiger partial charge in [0.05, 0.1) is 5.92 Å². The van der Waals surface area contributed by atoms with Crippen molar-refractivity contribution >= 4 is 11.6 Å². The molecule has 0 saturated carbocycles. The molecule has 0 N–H and O–H groups in total. The third kappa shape index (κ3) is 1.72. The molecule has 0 aromatic heterocycles. The van der Waals surface area contributed by atoms with Gasteiger partial charge in [-0.25, -0.2) is 0 Å². The van der Waals surface area contributed by atoms with Crippen LogP contribution in [0.5, 0.6) is 0 Å². The lowest BCUT2D eigenvalue weighted by atomic mass is 9.80. The maximum Gasteiger partial charge on any atom is 0.173 e. The highest BCUT2D eigenvalue weighted by atomic mass is 16.1. The van der Waals surface area contributed by atoms with E-state index in [2.05, 4.69) is 0 Å². The lowest BCUT2D eigenvalue weighted by Crippen LogP contribution is -2.28. The molecule has 2 rings (SSSR count). The number of rotatable bonds is 2. The molecule has 1 aromatic rings. The summed E-state index contributed by atoms with van der Waals surface area (Å²) >= 11 is 0. The van der Waals surface area contributed by atoms with E-state index in [0.29, 0.717) is 12.8 Å². The first kappa shape index (κ1) is 10.1. The van der Waals surface area contributed by atoms with Crippen molar-refractivity contribution in [2.24, 2.45) is 5.92 Å². The number of hydrogen-bond acceptors (Lipinski definition) is 2. The van der Waals surface area contributed by atoms with Crippen LogP contribution in [0, 0.1) is 5.92 Å². The molecule has 0 spiro atoms. The number of fused-ring (bicyclic) bond motifs is 1. The molecule has 0 aliphatic heterocycles. The lowest BCUT2D eigenvalue weighted by molar-refractivity contribution is -0.121. The highest BCUT2D eigenvalue weighted by Crippen LogP contribution is 2.26. The molecule has 1 aliphatic carbocycles. The quantitative estimate of drug-likeness (QED) is 0.690. The normalized spacial score (nSPS) is 19.8. The van der Waals surface area contributed by atoms with Crippen LogP contribution in [0.3, 0.4) is 0 Å². The van der Waals surface area contributed by atoms with E-state index >= 15 is 0 Å². The van der Waals surface area contributed by atoms with E-state index in [1.54, 1.807) is 0 Å². The molecule has 0 heterocycles. The van der Waals surface area contributed by atoms with Crippen molar-refractivity contribution in [3.63, 3.8) is 0 Å². The predicted molar refractivity (Wildman–Crippen MR) is 57.9 cm³/mol. The van der Waals surface area contributed by atoms with Crippen LogP contribution < -0.4 is 0 Å². The van der Waals surface area contributed by atoms with E-state index in [4.69, 9.17) is 0 Å². The van der Waals surface area contributed by atoms with Gasteiger partial charge < -0.3 is 0 Å². The van der Waals surface area contributed by atoms with Gasteiger partial charge in [-0.15, -0.1) is 0 Å². The second-order valence-electron chi connectivity index (χ2n) is 3.93. The molecule has 1 aromatic carbocycles. The van der Waals surface area contributed by atoms with Gasteiger partial charge in [0.1, 0.15) is 5.78 Å². The number of benzene rings is 1. The summed E-state index contributed by atoms with van der Waals surface area (Å²) in [5.41, 5.74) is 1.83. The molecule has 2 heteroatoms. The minimum absolute atomic E-state index is 0.0173. The van der Waals surface area contributed by atoms with E-state index in [-0.39, 0.29) is 17.5 Å². The molecule has 78 valence electrons. The molecule has 1 atom stereocenters. The van der Waals surface area contributed by atoms with E-state index in [9.17, 15) is 9.59 Å². The van der Waals surface area contributed by atoms with E-state index < -0.39 is 0 Å². The first-order valence-electron chi connectivity index (χ1n) is 5.39. The van der Waals surface area contributed by atoms with Crippen LogP contribution >= 0.6 is 0 Å². The fourth-order valence-corrected chi connectivity index (χ4v) is 2.15. The van der Waals surface area contributed by atoms with Crippen molar-refractivity contribution in [3.8, 4) is 0 Å². The molecule has 1 aliphatic rings. The number of ketones is 2. The predicted octanol–water partition coefficient (Wildman–Crippen LogP) is 2.41. The van der Waals surface area contributed by atoms with Gasteiger partial charge in [0.25, 0.3) is 0 Å². The van der Waals surface area contributed by atoms with Crippen molar-refractivity contribution in [2.75, 3.05) is 0 Å². The van der Waals surface area contributed by atoms with Crippen molar-refractivity contribution in [2.45, 2.75) is 26.2 Å². The summed E-state index contributed by atoms with van der Waals surface area (Å²) in [7, 11) is 0. The van der Waals surface area contributed by atoms with E-state index in [0.717, 1.165) is 17.5 Å². The van der Waals surface area contributed by atoms with Crippen LogP contribution in [-0.4, -0.2) is 11.6 Å². The van der Waals surface area contributed by atoms with Crippen LogP contribution in [0.25, 0.3) is 0 Å². The third-order valence-corrected chi connectivity index (χ3v) is 3.04. The number of aryl methyl sites for hydroxylation is 1. The van der Waals surface area contributed by atoms with Gasteiger partial charge in [-0.05, 0) is 18.4 Å². The van der Waals surface area contributed by atoms with Crippen molar-refractivity contribution in [1.29, 1.82) is 0 Å². The van der Waals surface area contributed by atoms with Gasteiger partial charge in [0, 0.05) is 12.0 Å². The molecular formula is C13H14O2. The zero-order valence-corrected chi connectivity index (χ0v) is 8.82. The summed E-state index contributed by atoms with van der Waals surface area (Å²) in [4.78, 5) is 23.6. The molecule has 0 radical (unpaired) electrons. The summed E-state index contributed by atoms with van der Waals surface area (Å²) in [6, 6.07) is 7.59. The first-order valence-corrected chi connectivity index (χ1v) is 5.39. The minimum Gasteiger partial charge on any atom is -0.299 e. The van der Waals surface area contributed by atoms with Crippen LogP contribution in [-0.2, 0) is 11.2 Å². The Morgan fingerprint density at radius 1 is 1.40 bits per heavy atom. The number of carbonyl (C=O) groups is 2. The maximum absolute atomic E-state index is 12.0. The lowest BCUT2D eigenvalue weighted by Gasteiger charge is -2.21. The summed E-state index contributed by atoms with van der Waals surface area (Å²) in [5.74, 6) is -0.289. The highest BCUT2D eigenvalue weighted by Gasteiger charge is 2.30.